The van der Waals surface area contributed by atoms with E-state index in [1.165, 1.54) is 0 Å². The average molecular weight is 209 g/mol. The minimum Gasteiger partial charge on any atom is -0.493 e. The predicted octanol–water partition coefficient (Wildman–Crippen LogP) is 1.17. The van der Waals surface area contributed by atoms with Gasteiger partial charge in [-0.2, -0.15) is 4.98 Å². The van der Waals surface area contributed by atoms with Crippen LogP contribution in [0.4, 0.5) is 5.95 Å². The number of nitrogens with zero attached hydrogens (tertiary/aromatic N) is 1. The molecule has 1 fully saturated rings. The zero-order chi connectivity index (χ0) is 10.8. The van der Waals surface area contributed by atoms with Crippen LogP contribution in [0.3, 0.4) is 0 Å². The van der Waals surface area contributed by atoms with Crippen molar-refractivity contribution in [2.24, 2.45) is 0 Å². The van der Waals surface area contributed by atoms with Gasteiger partial charge in [0.15, 0.2) is 0 Å². The van der Waals surface area contributed by atoms with E-state index in [2.05, 4.69) is 15.3 Å². The summed E-state index contributed by atoms with van der Waals surface area (Å²) in [4.78, 5) is 18.2. The molecule has 0 unspecified atom stereocenters. The second-order valence-corrected chi connectivity index (χ2v) is 3.88. The van der Waals surface area contributed by atoms with Crippen molar-refractivity contribution < 1.29 is 5.11 Å². The van der Waals surface area contributed by atoms with E-state index in [9.17, 15) is 9.90 Å². The van der Waals surface area contributed by atoms with Gasteiger partial charge in [-0.1, -0.05) is 12.8 Å². The third-order valence-electron chi connectivity index (χ3n) is 2.94. The molecule has 15 heavy (non-hydrogen) atoms. The molecule has 0 bridgehead atoms. The van der Waals surface area contributed by atoms with E-state index in [1.807, 2.05) is 0 Å². The second-order valence-electron chi connectivity index (χ2n) is 3.88. The van der Waals surface area contributed by atoms with E-state index in [4.69, 9.17) is 0 Å². The van der Waals surface area contributed by atoms with Crippen LogP contribution in [0.25, 0.3) is 0 Å². The Morgan fingerprint density at radius 3 is 2.67 bits per heavy atom. The molecule has 1 heterocycles. The molecule has 1 aromatic heterocycles. The minimum atomic E-state index is -0.223. The predicted molar refractivity (Wildman–Crippen MR) is 57.3 cm³/mol. The SMILES string of the molecule is CNc1nc(O)c(C2CCCC2)c(=O)[nH]1. The van der Waals surface area contributed by atoms with Gasteiger partial charge in [-0.25, -0.2) is 0 Å². The number of aromatic amines is 1. The smallest absolute Gasteiger partial charge is 0.259 e. The lowest BCUT2D eigenvalue weighted by Crippen LogP contribution is -2.18. The molecule has 0 radical (unpaired) electrons. The van der Waals surface area contributed by atoms with Crippen molar-refractivity contribution in [1.29, 1.82) is 0 Å². The largest absolute Gasteiger partial charge is 0.493 e. The summed E-state index contributed by atoms with van der Waals surface area (Å²) in [6.07, 6.45) is 4.18. The number of H-pyrrole nitrogens is 1. The van der Waals surface area contributed by atoms with Crippen molar-refractivity contribution in [3.63, 3.8) is 0 Å². The first-order valence-corrected chi connectivity index (χ1v) is 5.23. The molecular weight excluding hydrogens is 194 g/mol. The number of nitrogens with one attached hydrogen (secondary N) is 2. The number of aromatic hydroxyl groups is 1. The van der Waals surface area contributed by atoms with E-state index < -0.39 is 0 Å². The fourth-order valence-electron chi connectivity index (χ4n) is 2.17. The number of rotatable bonds is 2. The lowest BCUT2D eigenvalue weighted by atomic mass is 10.0. The topological polar surface area (TPSA) is 78.0 Å². The molecule has 82 valence electrons. The average Bonchev–Trinajstić information content (AvgIpc) is 2.69. The maximum Gasteiger partial charge on any atom is 0.259 e. The van der Waals surface area contributed by atoms with Crippen LogP contribution < -0.4 is 10.9 Å². The fourth-order valence-corrected chi connectivity index (χ4v) is 2.17. The normalized spacial score (nSPS) is 16.9. The number of anilines is 1. The van der Waals surface area contributed by atoms with Gasteiger partial charge >= 0.3 is 0 Å². The van der Waals surface area contributed by atoms with Crippen LogP contribution in [0.1, 0.15) is 37.2 Å². The first kappa shape index (κ1) is 10.0. The van der Waals surface area contributed by atoms with E-state index in [-0.39, 0.29) is 17.4 Å². The molecule has 1 saturated carbocycles. The molecule has 0 aliphatic heterocycles. The van der Waals surface area contributed by atoms with Crippen LogP contribution in [0.15, 0.2) is 4.79 Å². The van der Waals surface area contributed by atoms with Crippen LogP contribution in [0.2, 0.25) is 0 Å². The van der Waals surface area contributed by atoms with Crippen molar-refractivity contribution in [3.8, 4) is 5.88 Å². The minimum absolute atomic E-state index is 0.130. The van der Waals surface area contributed by atoms with Crippen LogP contribution in [-0.4, -0.2) is 22.1 Å². The molecule has 1 aromatic rings. The highest BCUT2D eigenvalue weighted by Gasteiger charge is 2.24. The molecule has 2 rings (SSSR count). The molecule has 1 aliphatic rings. The van der Waals surface area contributed by atoms with Gasteiger partial charge in [-0.3, -0.25) is 9.78 Å². The summed E-state index contributed by atoms with van der Waals surface area (Å²) in [7, 11) is 1.65. The van der Waals surface area contributed by atoms with Gasteiger partial charge < -0.3 is 10.4 Å². The molecule has 0 atom stereocenters. The van der Waals surface area contributed by atoms with Crippen molar-refractivity contribution >= 4 is 5.95 Å². The Labute approximate surface area is 87.6 Å². The van der Waals surface area contributed by atoms with Crippen molar-refractivity contribution in [1.82, 2.24) is 9.97 Å². The molecule has 3 N–H and O–H groups in total. The Kier molecular flexibility index (Phi) is 2.62. The zero-order valence-corrected chi connectivity index (χ0v) is 8.71. The molecule has 0 amide bonds. The fraction of sp³-hybridized carbons (Fsp3) is 0.600. The molecule has 0 saturated heterocycles. The molecule has 0 spiro atoms. The molecule has 0 aromatic carbocycles. The van der Waals surface area contributed by atoms with Crippen molar-refractivity contribution in [3.05, 3.63) is 15.9 Å². The number of hydrogen-bond acceptors (Lipinski definition) is 4. The Morgan fingerprint density at radius 2 is 2.13 bits per heavy atom. The summed E-state index contributed by atoms with van der Waals surface area (Å²) in [6.45, 7) is 0. The summed E-state index contributed by atoms with van der Waals surface area (Å²) in [5.41, 5.74) is 0.227. The van der Waals surface area contributed by atoms with Gasteiger partial charge in [-0.05, 0) is 18.8 Å². The van der Waals surface area contributed by atoms with Gasteiger partial charge in [0.05, 0.1) is 5.56 Å². The van der Waals surface area contributed by atoms with Crippen LogP contribution in [0, 0.1) is 0 Å². The second kappa shape index (κ2) is 3.92. The highest BCUT2D eigenvalue weighted by molar-refractivity contribution is 5.34. The highest BCUT2D eigenvalue weighted by Crippen LogP contribution is 2.35. The lowest BCUT2D eigenvalue weighted by Gasteiger charge is -2.10. The standard InChI is InChI=1S/C10H15N3O2/c1-11-10-12-8(14)7(9(15)13-10)6-4-2-3-5-6/h6H,2-5H2,1H3,(H3,11,12,13,14,15). The molecular formula is C10H15N3O2. The summed E-state index contributed by atoms with van der Waals surface area (Å²) in [5, 5.41) is 12.4. The van der Waals surface area contributed by atoms with Crippen LogP contribution >= 0.6 is 0 Å². The van der Waals surface area contributed by atoms with E-state index in [1.54, 1.807) is 7.05 Å². The van der Waals surface area contributed by atoms with Gasteiger partial charge in [0, 0.05) is 7.05 Å². The summed E-state index contributed by atoms with van der Waals surface area (Å²) >= 11 is 0. The Hall–Kier alpha value is -1.52. The van der Waals surface area contributed by atoms with Gasteiger partial charge in [0.25, 0.3) is 5.56 Å². The maximum absolute atomic E-state index is 11.7. The molecule has 5 heteroatoms. The molecule has 5 nitrogen and oxygen atoms in total. The molecule has 1 aliphatic carbocycles. The lowest BCUT2D eigenvalue weighted by molar-refractivity contribution is 0.436. The van der Waals surface area contributed by atoms with Crippen LogP contribution in [0.5, 0.6) is 5.88 Å². The van der Waals surface area contributed by atoms with Crippen molar-refractivity contribution in [2.45, 2.75) is 31.6 Å². The highest BCUT2D eigenvalue weighted by atomic mass is 16.3. The monoisotopic (exact) mass is 209 g/mol. The number of aromatic nitrogens is 2. The van der Waals surface area contributed by atoms with Crippen molar-refractivity contribution in [2.75, 3.05) is 12.4 Å². The Morgan fingerprint density at radius 1 is 1.47 bits per heavy atom. The first-order valence-electron chi connectivity index (χ1n) is 5.23. The van der Waals surface area contributed by atoms with Gasteiger partial charge in [-0.15, -0.1) is 0 Å². The first-order chi connectivity index (χ1) is 7.22. The zero-order valence-electron chi connectivity index (χ0n) is 8.71. The Balaban J connectivity index is 2.42. The van der Waals surface area contributed by atoms with Gasteiger partial charge in [0.2, 0.25) is 11.8 Å². The van der Waals surface area contributed by atoms with E-state index in [0.717, 1.165) is 25.7 Å². The summed E-state index contributed by atoms with van der Waals surface area (Å²) in [5.74, 6) is 0.349. The van der Waals surface area contributed by atoms with Gasteiger partial charge in [0.1, 0.15) is 0 Å². The van der Waals surface area contributed by atoms with E-state index >= 15 is 0 Å². The third kappa shape index (κ3) is 1.82. The quantitative estimate of drug-likeness (QED) is 0.683. The van der Waals surface area contributed by atoms with Crippen LogP contribution in [-0.2, 0) is 0 Å². The third-order valence-corrected chi connectivity index (χ3v) is 2.94. The van der Waals surface area contributed by atoms with E-state index in [0.29, 0.717) is 11.5 Å². The summed E-state index contributed by atoms with van der Waals surface area (Å²) in [6, 6.07) is 0. The summed E-state index contributed by atoms with van der Waals surface area (Å²) < 4.78 is 0. The maximum atomic E-state index is 11.7. The Bertz CT molecular complexity index is 408. The number of hydrogen-bond donors (Lipinski definition) is 3.